The summed E-state index contributed by atoms with van der Waals surface area (Å²) in [6, 6.07) is 1.36. The van der Waals surface area contributed by atoms with Gasteiger partial charge in [-0.1, -0.05) is 55.1 Å². The molecule has 6 nitrogen and oxygen atoms in total. The Morgan fingerprint density at radius 1 is 1.04 bits per heavy atom. The summed E-state index contributed by atoms with van der Waals surface area (Å²) in [7, 11) is 0. The molecule has 0 aliphatic carbocycles. The number of aromatic hydroxyl groups is 3. The van der Waals surface area contributed by atoms with E-state index in [0.717, 1.165) is 0 Å². The van der Waals surface area contributed by atoms with Crippen molar-refractivity contribution in [2.45, 2.75) is 39.2 Å². The highest BCUT2D eigenvalue weighted by atomic mass is 35.5. The van der Waals surface area contributed by atoms with Crippen LogP contribution >= 0.6 is 34.8 Å². The number of benzene rings is 2. The third-order valence-electron chi connectivity index (χ3n) is 4.47. The lowest BCUT2D eigenvalue weighted by molar-refractivity contribution is 0.0377. The summed E-state index contributed by atoms with van der Waals surface area (Å²) in [6.45, 7) is 3.69. The van der Waals surface area contributed by atoms with Crippen molar-refractivity contribution >= 4 is 40.8 Å². The van der Waals surface area contributed by atoms with Gasteiger partial charge in [0.05, 0.1) is 5.02 Å². The maximum absolute atomic E-state index is 12.4. The van der Waals surface area contributed by atoms with E-state index in [1.54, 1.807) is 6.92 Å². The number of aryl methyl sites for hydroxylation is 1. The zero-order chi connectivity index (χ0) is 20.7. The number of ether oxygens (including phenoxy) is 2. The Kier molecular flexibility index (Phi) is 5.75. The molecule has 0 saturated carbocycles. The topological polar surface area (TPSA) is 96.2 Å². The molecule has 1 aliphatic heterocycles. The third kappa shape index (κ3) is 3.19. The van der Waals surface area contributed by atoms with E-state index in [-0.39, 0.29) is 43.4 Å². The van der Waals surface area contributed by atoms with Crippen LogP contribution in [0.5, 0.6) is 28.7 Å². The molecule has 0 amide bonds. The van der Waals surface area contributed by atoms with E-state index in [2.05, 4.69) is 0 Å². The molecule has 2 aromatic rings. The second kappa shape index (κ2) is 7.78. The van der Waals surface area contributed by atoms with Crippen LogP contribution in [0, 0.1) is 0 Å². The summed E-state index contributed by atoms with van der Waals surface area (Å²) in [4.78, 5) is 12.4. The highest BCUT2D eigenvalue weighted by Gasteiger charge is 2.39. The van der Waals surface area contributed by atoms with Gasteiger partial charge in [0.15, 0.2) is 23.0 Å². The number of phenolic OH excluding ortho intramolecular Hbond substituents is 3. The molecule has 3 rings (SSSR count). The molecular weight excluding hydrogens is 431 g/mol. The predicted octanol–water partition coefficient (Wildman–Crippen LogP) is 6.13. The molecule has 0 radical (unpaired) electrons. The molecule has 2 aromatic carbocycles. The number of esters is 1. The number of fused-ring (bicyclic) bond motifs is 1. The van der Waals surface area contributed by atoms with Crippen molar-refractivity contribution in [3.63, 3.8) is 0 Å². The van der Waals surface area contributed by atoms with Gasteiger partial charge in [-0.05, 0) is 18.9 Å². The highest BCUT2D eigenvalue weighted by molar-refractivity contribution is 6.39. The minimum atomic E-state index is -0.706. The molecule has 0 unspecified atom stereocenters. The fourth-order valence-electron chi connectivity index (χ4n) is 3.15. The summed E-state index contributed by atoms with van der Waals surface area (Å²) < 4.78 is 11.1. The molecule has 9 heteroatoms. The van der Waals surface area contributed by atoms with Crippen LogP contribution in [0.3, 0.4) is 0 Å². The Morgan fingerprint density at radius 2 is 1.71 bits per heavy atom. The van der Waals surface area contributed by atoms with Crippen LogP contribution in [0.15, 0.2) is 6.07 Å². The number of halogens is 3. The fourth-order valence-corrected chi connectivity index (χ4v) is 3.87. The molecule has 1 aliphatic rings. The average molecular weight is 448 g/mol. The van der Waals surface area contributed by atoms with Gasteiger partial charge in [0.25, 0.3) is 0 Å². The molecule has 1 atom stereocenters. The van der Waals surface area contributed by atoms with Crippen molar-refractivity contribution < 1.29 is 29.6 Å². The lowest BCUT2D eigenvalue weighted by Gasteiger charge is -2.18. The summed E-state index contributed by atoms with van der Waals surface area (Å²) in [5.74, 6) is -2.27. The Labute approximate surface area is 176 Å². The van der Waals surface area contributed by atoms with Crippen LogP contribution in [0.4, 0.5) is 0 Å². The lowest BCUT2D eigenvalue weighted by Crippen LogP contribution is -2.02. The lowest BCUT2D eigenvalue weighted by atomic mass is 10.0. The first kappa shape index (κ1) is 20.7. The number of hydrogen-bond acceptors (Lipinski definition) is 6. The zero-order valence-corrected chi connectivity index (χ0v) is 17.2. The summed E-state index contributed by atoms with van der Waals surface area (Å²) in [5, 5.41) is 29.9. The van der Waals surface area contributed by atoms with Gasteiger partial charge >= 0.3 is 5.97 Å². The van der Waals surface area contributed by atoms with E-state index >= 15 is 0 Å². The van der Waals surface area contributed by atoms with Crippen LogP contribution in [0.1, 0.15) is 54.3 Å². The predicted molar refractivity (Wildman–Crippen MR) is 105 cm³/mol. The molecule has 0 aromatic heterocycles. The number of rotatable bonds is 5. The van der Waals surface area contributed by atoms with E-state index in [4.69, 9.17) is 44.3 Å². The van der Waals surface area contributed by atoms with Gasteiger partial charge in [-0.25, -0.2) is 4.79 Å². The molecule has 28 heavy (non-hydrogen) atoms. The van der Waals surface area contributed by atoms with E-state index in [9.17, 15) is 20.1 Å². The molecular formula is C19H17Cl3O6. The van der Waals surface area contributed by atoms with Gasteiger partial charge in [0.2, 0.25) is 0 Å². The van der Waals surface area contributed by atoms with Crippen molar-refractivity contribution in [1.29, 1.82) is 0 Å². The molecule has 0 spiro atoms. The molecule has 0 saturated heterocycles. The van der Waals surface area contributed by atoms with Gasteiger partial charge in [-0.3, -0.25) is 0 Å². The van der Waals surface area contributed by atoms with E-state index in [1.807, 2.05) is 6.92 Å². The van der Waals surface area contributed by atoms with Crippen LogP contribution in [-0.4, -0.2) is 21.3 Å². The first-order chi connectivity index (χ1) is 13.2. The normalized spacial score (nSPS) is 15.5. The Balaban J connectivity index is 2.26. The first-order valence-corrected chi connectivity index (χ1v) is 9.72. The van der Waals surface area contributed by atoms with Crippen LogP contribution < -0.4 is 4.74 Å². The van der Waals surface area contributed by atoms with Crippen LogP contribution in [-0.2, 0) is 11.2 Å². The number of carbonyl (C=O) groups is 1. The van der Waals surface area contributed by atoms with Crippen molar-refractivity contribution in [3.8, 4) is 28.7 Å². The van der Waals surface area contributed by atoms with Crippen molar-refractivity contribution in [2.24, 2.45) is 0 Å². The van der Waals surface area contributed by atoms with Gasteiger partial charge in [0, 0.05) is 11.1 Å². The second-order valence-corrected chi connectivity index (χ2v) is 7.43. The van der Waals surface area contributed by atoms with Gasteiger partial charge in [0.1, 0.15) is 27.5 Å². The minimum Gasteiger partial charge on any atom is -0.506 e. The van der Waals surface area contributed by atoms with Crippen LogP contribution in [0.25, 0.3) is 0 Å². The molecule has 0 bridgehead atoms. The SMILES string of the molecule is CCCc1cc(O)c(Cl)c(O)c1Oc1c(Cl)c(O)c(Cl)c2c1C(=O)O[C@@H]2CC. The quantitative estimate of drug-likeness (QED) is 0.477. The molecule has 3 N–H and O–H groups in total. The van der Waals surface area contributed by atoms with E-state index in [1.165, 1.54) is 6.07 Å². The number of hydrogen-bond donors (Lipinski definition) is 3. The van der Waals surface area contributed by atoms with E-state index < -0.39 is 23.6 Å². The molecule has 1 heterocycles. The second-order valence-electron chi connectivity index (χ2n) is 6.30. The van der Waals surface area contributed by atoms with Crippen LogP contribution in [0.2, 0.25) is 15.1 Å². The molecule has 150 valence electrons. The Morgan fingerprint density at radius 3 is 2.32 bits per heavy atom. The van der Waals surface area contributed by atoms with Gasteiger partial charge in [-0.15, -0.1) is 0 Å². The fraction of sp³-hybridized carbons (Fsp3) is 0.316. The summed E-state index contributed by atoms with van der Waals surface area (Å²) in [6.07, 6.45) is 0.882. The third-order valence-corrected chi connectivity index (χ3v) is 5.57. The maximum atomic E-state index is 12.4. The molecule has 0 fully saturated rings. The van der Waals surface area contributed by atoms with Gasteiger partial charge in [-0.2, -0.15) is 0 Å². The van der Waals surface area contributed by atoms with Crippen molar-refractivity contribution in [2.75, 3.05) is 0 Å². The van der Waals surface area contributed by atoms with E-state index in [0.29, 0.717) is 24.8 Å². The number of cyclic esters (lactones) is 1. The standard InChI is InChI=1S/C19H17Cl3O6/c1-3-5-7-6-8(23)12(20)16(25)17(7)28-18-11-10(9(4-2)27-19(11)26)13(21)15(24)14(18)22/h6,9,23-25H,3-5H2,1-2H3/t9-/m1/s1. The maximum Gasteiger partial charge on any atom is 0.343 e. The number of phenols is 3. The van der Waals surface area contributed by atoms with Gasteiger partial charge < -0.3 is 24.8 Å². The Bertz CT molecular complexity index is 973. The first-order valence-electron chi connectivity index (χ1n) is 8.58. The monoisotopic (exact) mass is 446 g/mol. The number of carbonyl (C=O) groups excluding carboxylic acids is 1. The largest absolute Gasteiger partial charge is 0.506 e. The smallest absolute Gasteiger partial charge is 0.343 e. The average Bonchev–Trinajstić information content (AvgIpc) is 3.00. The summed E-state index contributed by atoms with van der Waals surface area (Å²) in [5.41, 5.74) is 0.692. The van der Waals surface area contributed by atoms with Crippen molar-refractivity contribution in [1.82, 2.24) is 0 Å². The van der Waals surface area contributed by atoms with Crippen molar-refractivity contribution in [3.05, 3.63) is 37.8 Å². The highest BCUT2D eigenvalue weighted by Crippen LogP contribution is 2.54. The minimum absolute atomic E-state index is 0.0225. The Hall–Kier alpha value is -2.02. The summed E-state index contributed by atoms with van der Waals surface area (Å²) >= 11 is 18.3. The zero-order valence-electron chi connectivity index (χ0n) is 15.0.